The third-order valence-electron chi connectivity index (χ3n) is 2.60. The first-order valence-corrected chi connectivity index (χ1v) is 9.04. The maximum absolute atomic E-state index is 5.18. The van der Waals surface area contributed by atoms with Gasteiger partial charge in [-0.3, -0.25) is 0 Å². The van der Waals surface area contributed by atoms with Gasteiger partial charge in [0.15, 0.2) is 0 Å². The van der Waals surface area contributed by atoms with E-state index in [0.717, 1.165) is 0 Å². The second-order valence-corrected chi connectivity index (χ2v) is 4.60. The predicted molar refractivity (Wildman–Crippen MR) is 108 cm³/mol. The van der Waals surface area contributed by atoms with Crippen LogP contribution in [-0.4, -0.2) is 79.3 Å². The molecule has 0 aliphatic heterocycles. The summed E-state index contributed by atoms with van der Waals surface area (Å²) in [6.07, 6.45) is 5.58. The summed E-state index contributed by atoms with van der Waals surface area (Å²) in [7, 11) is 0. The fraction of sp³-hybridized carbons (Fsp3) is 0.600. The van der Waals surface area contributed by atoms with Crippen LogP contribution in [0.1, 0.15) is 0 Å². The van der Waals surface area contributed by atoms with Crippen LogP contribution in [0, 0.1) is 0 Å². The Bertz CT molecular complexity index is 272. The summed E-state index contributed by atoms with van der Waals surface area (Å²) in [5.74, 6) is 0. The molecule has 0 saturated heterocycles. The van der Waals surface area contributed by atoms with Crippen molar-refractivity contribution in [1.29, 1.82) is 0 Å². The van der Waals surface area contributed by atoms with E-state index in [1.54, 1.807) is 0 Å². The van der Waals surface area contributed by atoms with Gasteiger partial charge in [-0.1, -0.05) is 26.3 Å². The number of hydrogen-bond donors (Lipinski definition) is 0. The zero-order valence-corrected chi connectivity index (χ0v) is 16.9. The molecule has 0 radical (unpaired) electrons. The normalized spacial score (nSPS) is 9.43. The van der Waals surface area contributed by atoms with Crippen molar-refractivity contribution in [2.24, 2.45) is 0 Å². The van der Waals surface area contributed by atoms with Crippen LogP contribution in [0.25, 0.3) is 0 Å². The predicted octanol–water partition coefficient (Wildman–Crippen LogP) is 2.68. The van der Waals surface area contributed by atoms with Crippen molar-refractivity contribution < 1.29 is 37.9 Å². The van der Waals surface area contributed by atoms with Gasteiger partial charge in [0.25, 0.3) is 0 Å². The molecule has 0 unspecified atom stereocenters. The molecule has 8 nitrogen and oxygen atoms in total. The van der Waals surface area contributed by atoms with E-state index in [2.05, 4.69) is 26.3 Å². The molecule has 0 bridgehead atoms. The van der Waals surface area contributed by atoms with Crippen LogP contribution in [0.2, 0.25) is 0 Å². The van der Waals surface area contributed by atoms with Crippen LogP contribution in [0.5, 0.6) is 0 Å². The first kappa shape index (κ1) is 28.2. The molecule has 0 aliphatic rings. The van der Waals surface area contributed by atoms with E-state index in [0.29, 0.717) is 79.3 Å². The second kappa shape index (κ2) is 29.8. The molecule has 28 heavy (non-hydrogen) atoms. The minimum absolute atomic E-state index is 0.531. The summed E-state index contributed by atoms with van der Waals surface area (Å²) < 4.78 is 40.2. The van der Waals surface area contributed by atoms with Crippen molar-refractivity contribution in [3.63, 3.8) is 0 Å². The minimum Gasteiger partial charge on any atom is -0.499 e. The largest absolute Gasteiger partial charge is 0.499 e. The Hall–Kier alpha value is -2.00. The van der Waals surface area contributed by atoms with Gasteiger partial charge >= 0.3 is 0 Å². The Morgan fingerprint density at radius 1 is 0.321 bits per heavy atom. The molecule has 0 aromatic rings. The second-order valence-electron chi connectivity index (χ2n) is 4.60. The summed E-state index contributed by atoms with van der Waals surface area (Å²) in [6, 6.07) is 0. The first-order valence-electron chi connectivity index (χ1n) is 9.04. The van der Waals surface area contributed by atoms with Crippen LogP contribution in [0.15, 0.2) is 51.4 Å². The van der Waals surface area contributed by atoms with Crippen molar-refractivity contribution in [1.82, 2.24) is 0 Å². The molecule has 0 atom stereocenters. The average Bonchev–Trinajstić information content (AvgIpc) is 2.71. The summed E-state index contributed by atoms with van der Waals surface area (Å²) in [4.78, 5) is 0. The van der Waals surface area contributed by atoms with Gasteiger partial charge in [0.2, 0.25) is 0 Å². The van der Waals surface area contributed by atoms with Gasteiger partial charge in [-0.05, 0) is 0 Å². The SMILES string of the molecule is C=COCCOCCOCCOC=C.C=COCCOCCOCCOC=C. The van der Waals surface area contributed by atoms with Crippen molar-refractivity contribution >= 4 is 0 Å². The fourth-order valence-electron chi connectivity index (χ4n) is 1.41. The highest BCUT2D eigenvalue weighted by Crippen LogP contribution is 1.83. The van der Waals surface area contributed by atoms with Crippen molar-refractivity contribution in [2.75, 3.05) is 79.3 Å². The van der Waals surface area contributed by atoms with Crippen LogP contribution >= 0.6 is 0 Å². The standard InChI is InChI=1S/2C10H18O4/c2*1-3-11-5-7-13-9-10-14-8-6-12-4-2/h2*3-4H,1-2,5-10H2. The maximum atomic E-state index is 5.18. The lowest BCUT2D eigenvalue weighted by Gasteiger charge is -2.05. The van der Waals surface area contributed by atoms with E-state index in [1.807, 2.05) is 0 Å². The lowest BCUT2D eigenvalue weighted by Crippen LogP contribution is -2.10. The van der Waals surface area contributed by atoms with Gasteiger partial charge in [-0.15, -0.1) is 0 Å². The Labute approximate surface area is 169 Å². The van der Waals surface area contributed by atoms with Crippen LogP contribution in [0.3, 0.4) is 0 Å². The van der Waals surface area contributed by atoms with E-state index in [1.165, 1.54) is 25.0 Å². The topological polar surface area (TPSA) is 73.8 Å². The molecule has 0 aromatic carbocycles. The minimum atomic E-state index is 0.531. The monoisotopic (exact) mass is 404 g/mol. The molecular formula is C20H36O8. The smallest absolute Gasteiger partial charge is 0.111 e. The van der Waals surface area contributed by atoms with E-state index in [-0.39, 0.29) is 0 Å². The molecule has 164 valence electrons. The number of rotatable bonds is 22. The first-order chi connectivity index (χ1) is 13.8. The fourth-order valence-corrected chi connectivity index (χ4v) is 1.41. The summed E-state index contributed by atoms with van der Waals surface area (Å²) in [6.45, 7) is 20.2. The molecule has 0 spiro atoms. The summed E-state index contributed by atoms with van der Waals surface area (Å²) in [5, 5.41) is 0. The zero-order chi connectivity index (χ0) is 21.0. The zero-order valence-electron chi connectivity index (χ0n) is 16.9. The highest BCUT2D eigenvalue weighted by molar-refractivity contribution is 4.49. The molecule has 0 amide bonds. The van der Waals surface area contributed by atoms with Gasteiger partial charge < -0.3 is 37.9 Å². The molecule has 0 fully saturated rings. The molecule has 0 aromatic heterocycles. The van der Waals surface area contributed by atoms with E-state index >= 15 is 0 Å². The van der Waals surface area contributed by atoms with Crippen LogP contribution in [0.4, 0.5) is 0 Å². The van der Waals surface area contributed by atoms with Crippen molar-refractivity contribution in [2.45, 2.75) is 0 Å². The highest BCUT2D eigenvalue weighted by atomic mass is 16.6. The Morgan fingerprint density at radius 3 is 0.679 bits per heavy atom. The van der Waals surface area contributed by atoms with Gasteiger partial charge in [0.1, 0.15) is 26.4 Å². The highest BCUT2D eigenvalue weighted by Gasteiger charge is 1.90. The Morgan fingerprint density at radius 2 is 0.500 bits per heavy atom. The van der Waals surface area contributed by atoms with Gasteiger partial charge in [0, 0.05) is 0 Å². The molecule has 0 rings (SSSR count). The lowest BCUT2D eigenvalue weighted by molar-refractivity contribution is 0.0186. The molecule has 8 heteroatoms. The molecule has 0 heterocycles. The van der Waals surface area contributed by atoms with Crippen LogP contribution in [-0.2, 0) is 37.9 Å². The van der Waals surface area contributed by atoms with Gasteiger partial charge in [-0.25, -0.2) is 0 Å². The molecule has 0 saturated carbocycles. The third kappa shape index (κ3) is 31.7. The number of hydrogen-bond acceptors (Lipinski definition) is 8. The quantitative estimate of drug-likeness (QED) is 0.201. The third-order valence-corrected chi connectivity index (χ3v) is 2.60. The molecular weight excluding hydrogens is 368 g/mol. The van der Waals surface area contributed by atoms with E-state index in [9.17, 15) is 0 Å². The van der Waals surface area contributed by atoms with Crippen molar-refractivity contribution in [3.8, 4) is 0 Å². The van der Waals surface area contributed by atoms with Gasteiger partial charge in [0.05, 0.1) is 77.9 Å². The maximum Gasteiger partial charge on any atom is 0.111 e. The Balaban J connectivity index is 0. The average molecular weight is 405 g/mol. The summed E-state index contributed by atoms with van der Waals surface area (Å²) >= 11 is 0. The number of ether oxygens (including phenoxy) is 8. The van der Waals surface area contributed by atoms with E-state index < -0.39 is 0 Å². The van der Waals surface area contributed by atoms with Crippen LogP contribution < -0.4 is 0 Å². The van der Waals surface area contributed by atoms with Crippen molar-refractivity contribution in [3.05, 3.63) is 51.4 Å². The molecule has 0 aliphatic carbocycles. The lowest BCUT2D eigenvalue weighted by atomic mass is 10.7. The molecule has 0 N–H and O–H groups in total. The van der Waals surface area contributed by atoms with E-state index in [4.69, 9.17) is 37.9 Å². The van der Waals surface area contributed by atoms with Gasteiger partial charge in [-0.2, -0.15) is 0 Å². The Kier molecular flexibility index (Phi) is 30.0. The summed E-state index contributed by atoms with van der Waals surface area (Å²) in [5.41, 5.74) is 0.